The Kier molecular flexibility index (Phi) is 4.37. The molecule has 0 spiro atoms. The smallest absolute Gasteiger partial charge is 0.135 e. The summed E-state index contributed by atoms with van der Waals surface area (Å²) < 4.78 is 13.8. The van der Waals surface area contributed by atoms with Crippen molar-refractivity contribution in [3.8, 4) is 0 Å². The van der Waals surface area contributed by atoms with E-state index in [2.05, 4.69) is 11.9 Å². The van der Waals surface area contributed by atoms with E-state index in [0.717, 1.165) is 18.8 Å². The number of hydrogen-bond acceptors (Lipinski definition) is 3. The predicted octanol–water partition coefficient (Wildman–Crippen LogP) is 1.99. The van der Waals surface area contributed by atoms with Crippen LogP contribution in [0.15, 0.2) is 18.2 Å². The number of nitrogens with two attached hydrogens (primary N) is 1. The van der Waals surface area contributed by atoms with Gasteiger partial charge in [0.25, 0.3) is 0 Å². The molecular weight excluding hydrogens is 261 g/mol. The number of anilines is 1. The number of thiocarbonyl (C=S) groups is 1. The zero-order chi connectivity index (χ0) is 14.0. The van der Waals surface area contributed by atoms with Gasteiger partial charge in [0.05, 0.1) is 5.56 Å². The van der Waals surface area contributed by atoms with Crippen molar-refractivity contribution >= 4 is 22.9 Å². The molecule has 0 bridgehead atoms. The molecule has 5 heteroatoms. The van der Waals surface area contributed by atoms with Gasteiger partial charge in [0.2, 0.25) is 0 Å². The Bertz CT molecular complexity index is 478. The second kappa shape index (κ2) is 5.84. The number of benzene rings is 1. The molecular formula is C14H20FN3S. The van der Waals surface area contributed by atoms with Crippen LogP contribution >= 0.6 is 12.2 Å². The number of likely N-dealkylation sites (N-methyl/N-ethyl adjacent to an activating group) is 2. The fourth-order valence-electron chi connectivity index (χ4n) is 2.70. The molecule has 0 aliphatic carbocycles. The van der Waals surface area contributed by atoms with Crippen LogP contribution in [0.25, 0.3) is 0 Å². The van der Waals surface area contributed by atoms with E-state index in [9.17, 15) is 4.39 Å². The van der Waals surface area contributed by atoms with E-state index in [1.807, 2.05) is 18.0 Å². The molecule has 19 heavy (non-hydrogen) atoms. The lowest BCUT2D eigenvalue weighted by Crippen LogP contribution is -2.37. The van der Waals surface area contributed by atoms with Crippen LogP contribution in [0.3, 0.4) is 0 Å². The molecule has 104 valence electrons. The van der Waals surface area contributed by atoms with Crippen molar-refractivity contribution in [2.24, 2.45) is 5.73 Å². The van der Waals surface area contributed by atoms with Crippen LogP contribution in [-0.4, -0.2) is 43.1 Å². The van der Waals surface area contributed by atoms with Crippen LogP contribution in [-0.2, 0) is 0 Å². The highest BCUT2D eigenvalue weighted by Gasteiger charge is 2.23. The van der Waals surface area contributed by atoms with Crippen molar-refractivity contribution in [3.63, 3.8) is 0 Å². The first kappa shape index (κ1) is 14.2. The van der Waals surface area contributed by atoms with Gasteiger partial charge in [0.15, 0.2) is 0 Å². The predicted molar refractivity (Wildman–Crippen MR) is 81.2 cm³/mol. The lowest BCUT2D eigenvalue weighted by atomic mass is 10.1. The third kappa shape index (κ3) is 3.04. The summed E-state index contributed by atoms with van der Waals surface area (Å²) in [6.45, 7) is 1.99. The fraction of sp³-hybridized carbons (Fsp3) is 0.500. The van der Waals surface area contributed by atoms with Gasteiger partial charge in [0, 0.05) is 25.3 Å². The van der Waals surface area contributed by atoms with Gasteiger partial charge in [-0.05, 0) is 38.6 Å². The zero-order valence-corrected chi connectivity index (χ0v) is 12.2. The van der Waals surface area contributed by atoms with Crippen LogP contribution in [0.2, 0.25) is 0 Å². The Morgan fingerprint density at radius 3 is 2.89 bits per heavy atom. The fourth-order valence-corrected chi connectivity index (χ4v) is 2.90. The van der Waals surface area contributed by atoms with Crippen molar-refractivity contribution in [1.82, 2.24) is 4.90 Å². The van der Waals surface area contributed by atoms with E-state index in [0.29, 0.717) is 11.6 Å². The van der Waals surface area contributed by atoms with E-state index in [4.69, 9.17) is 18.0 Å². The molecule has 0 aromatic heterocycles. The van der Waals surface area contributed by atoms with Crippen molar-refractivity contribution in [1.29, 1.82) is 0 Å². The molecule has 1 unspecified atom stereocenters. The van der Waals surface area contributed by atoms with E-state index >= 15 is 0 Å². The summed E-state index contributed by atoms with van der Waals surface area (Å²) in [5, 5.41) is 0. The second-order valence-corrected chi connectivity index (χ2v) is 5.60. The van der Waals surface area contributed by atoms with Gasteiger partial charge in [-0.25, -0.2) is 4.39 Å². The normalized spacial score (nSPS) is 19.6. The summed E-state index contributed by atoms with van der Waals surface area (Å²) in [6.07, 6.45) is 2.40. The van der Waals surface area contributed by atoms with Gasteiger partial charge in [-0.1, -0.05) is 18.3 Å². The molecule has 3 nitrogen and oxygen atoms in total. The Labute approximate surface area is 119 Å². The van der Waals surface area contributed by atoms with Gasteiger partial charge < -0.3 is 15.5 Å². The van der Waals surface area contributed by atoms with Crippen LogP contribution in [0.5, 0.6) is 0 Å². The van der Waals surface area contributed by atoms with Crippen molar-refractivity contribution in [2.45, 2.75) is 18.9 Å². The first-order valence-electron chi connectivity index (χ1n) is 6.50. The SMILES string of the molecule is CN(CC1CCCN1C)c1cccc(F)c1C(N)=S. The van der Waals surface area contributed by atoms with Crippen molar-refractivity contribution in [3.05, 3.63) is 29.6 Å². The van der Waals surface area contributed by atoms with Gasteiger partial charge in [-0.15, -0.1) is 0 Å². The lowest BCUT2D eigenvalue weighted by Gasteiger charge is -2.28. The third-order valence-electron chi connectivity index (χ3n) is 3.81. The molecule has 0 amide bonds. The summed E-state index contributed by atoms with van der Waals surface area (Å²) in [7, 11) is 4.09. The summed E-state index contributed by atoms with van der Waals surface area (Å²) in [5.41, 5.74) is 6.76. The average molecular weight is 281 g/mol. The quantitative estimate of drug-likeness (QED) is 0.856. The number of halogens is 1. The van der Waals surface area contributed by atoms with Gasteiger partial charge in [0.1, 0.15) is 10.8 Å². The second-order valence-electron chi connectivity index (χ2n) is 5.16. The number of nitrogens with zero attached hydrogens (tertiary/aromatic N) is 2. The molecule has 1 aromatic rings. The summed E-state index contributed by atoms with van der Waals surface area (Å²) in [6, 6.07) is 5.47. The van der Waals surface area contributed by atoms with E-state index in [-0.39, 0.29) is 10.8 Å². The number of likely N-dealkylation sites (tertiary alicyclic amines) is 1. The topological polar surface area (TPSA) is 32.5 Å². The monoisotopic (exact) mass is 281 g/mol. The molecule has 1 aliphatic heterocycles. The standard InChI is InChI=1S/C14H20FN3S/c1-17-8-4-5-10(17)9-18(2)12-7-3-6-11(15)13(12)14(16)19/h3,6-7,10H,4-5,8-9H2,1-2H3,(H2,16,19). The molecule has 1 aliphatic rings. The van der Waals surface area contributed by atoms with Crippen LogP contribution in [0.4, 0.5) is 10.1 Å². The lowest BCUT2D eigenvalue weighted by molar-refractivity contribution is 0.314. The molecule has 2 rings (SSSR count). The molecule has 1 aromatic carbocycles. The maximum absolute atomic E-state index is 13.8. The van der Waals surface area contributed by atoms with Crippen molar-refractivity contribution < 1.29 is 4.39 Å². The van der Waals surface area contributed by atoms with Crippen LogP contribution in [0, 0.1) is 5.82 Å². The molecule has 1 fully saturated rings. The maximum atomic E-state index is 13.8. The van der Waals surface area contributed by atoms with E-state index in [1.165, 1.54) is 18.9 Å². The van der Waals surface area contributed by atoms with Gasteiger partial charge in [-0.3, -0.25) is 0 Å². The van der Waals surface area contributed by atoms with Crippen molar-refractivity contribution in [2.75, 3.05) is 32.1 Å². The average Bonchev–Trinajstić information content (AvgIpc) is 2.74. The Morgan fingerprint density at radius 2 is 2.32 bits per heavy atom. The number of hydrogen-bond donors (Lipinski definition) is 1. The summed E-state index contributed by atoms with van der Waals surface area (Å²) in [5.74, 6) is -0.350. The van der Waals surface area contributed by atoms with Gasteiger partial charge in [-0.2, -0.15) is 0 Å². The maximum Gasteiger partial charge on any atom is 0.135 e. The molecule has 1 saturated heterocycles. The minimum atomic E-state index is -0.350. The highest BCUT2D eigenvalue weighted by Crippen LogP contribution is 2.24. The Hall–Kier alpha value is -1.20. The van der Waals surface area contributed by atoms with E-state index in [1.54, 1.807) is 6.07 Å². The molecule has 0 saturated carbocycles. The van der Waals surface area contributed by atoms with Crippen LogP contribution < -0.4 is 10.6 Å². The zero-order valence-electron chi connectivity index (χ0n) is 11.4. The minimum Gasteiger partial charge on any atom is -0.389 e. The molecule has 1 heterocycles. The van der Waals surface area contributed by atoms with E-state index < -0.39 is 0 Å². The summed E-state index contributed by atoms with van der Waals surface area (Å²) in [4.78, 5) is 4.50. The Morgan fingerprint density at radius 1 is 1.58 bits per heavy atom. The molecule has 2 N–H and O–H groups in total. The molecule has 1 atom stereocenters. The Balaban J connectivity index is 2.21. The third-order valence-corrected chi connectivity index (χ3v) is 4.01. The van der Waals surface area contributed by atoms with Crippen LogP contribution in [0.1, 0.15) is 18.4 Å². The van der Waals surface area contributed by atoms with Gasteiger partial charge >= 0.3 is 0 Å². The largest absolute Gasteiger partial charge is 0.389 e. The first-order valence-corrected chi connectivity index (χ1v) is 6.91. The molecule has 0 radical (unpaired) electrons. The highest BCUT2D eigenvalue weighted by molar-refractivity contribution is 7.80. The minimum absolute atomic E-state index is 0.111. The first-order chi connectivity index (χ1) is 9.00. The highest BCUT2D eigenvalue weighted by atomic mass is 32.1. The number of rotatable bonds is 4. The summed E-state index contributed by atoms with van der Waals surface area (Å²) >= 11 is 4.96.